The van der Waals surface area contributed by atoms with E-state index in [2.05, 4.69) is 24.5 Å². The predicted octanol–water partition coefficient (Wildman–Crippen LogP) is 2.07. The van der Waals surface area contributed by atoms with E-state index in [1.807, 2.05) is 0 Å². The number of amides is 1. The molecule has 1 saturated heterocycles. The van der Waals surface area contributed by atoms with E-state index in [4.69, 9.17) is 0 Å². The van der Waals surface area contributed by atoms with E-state index in [1.165, 1.54) is 25.7 Å². The third-order valence-corrected chi connectivity index (χ3v) is 3.13. The molecule has 1 fully saturated rings. The summed E-state index contributed by atoms with van der Waals surface area (Å²) in [5.41, 5.74) is 0. The molecule has 0 aromatic rings. The van der Waals surface area contributed by atoms with Gasteiger partial charge in [-0.25, -0.2) is 0 Å². The molecule has 0 bridgehead atoms. The molecule has 1 rings (SSSR count). The van der Waals surface area contributed by atoms with Gasteiger partial charge in [0, 0.05) is 6.54 Å². The van der Waals surface area contributed by atoms with Gasteiger partial charge in [-0.2, -0.15) is 0 Å². The van der Waals surface area contributed by atoms with Crippen LogP contribution in [0.3, 0.4) is 0 Å². The van der Waals surface area contributed by atoms with Gasteiger partial charge in [0.25, 0.3) is 0 Å². The Kier molecular flexibility index (Phi) is 6.46. The first-order valence-electron chi connectivity index (χ1n) is 6.71. The van der Waals surface area contributed by atoms with Crippen LogP contribution in [0.4, 0.5) is 0 Å². The van der Waals surface area contributed by atoms with Crippen molar-refractivity contribution in [2.45, 2.75) is 58.4 Å². The second-order valence-corrected chi connectivity index (χ2v) is 5.18. The van der Waals surface area contributed by atoms with Gasteiger partial charge < -0.3 is 10.6 Å². The molecule has 0 radical (unpaired) electrons. The topological polar surface area (TPSA) is 41.1 Å². The second kappa shape index (κ2) is 7.66. The van der Waals surface area contributed by atoms with Gasteiger partial charge in [0.15, 0.2) is 0 Å². The Morgan fingerprint density at radius 1 is 1.38 bits per heavy atom. The normalized spacial score (nSPS) is 21.1. The van der Waals surface area contributed by atoms with Gasteiger partial charge in [0.1, 0.15) is 0 Å². The van der Waals surface area contributed by atoms with Crippen LogP contribution in [0.5, 0.6) is 0 Å². The average molecular weight is 226 g/mol. The first-order chi connectivity index (χ1) is 7.70. The first-order valence-corrected chi connectivity index (χ1v) is 6.71. The highest BCUT2D eigenvalue weighted by atomic mass is 16.2. The van der Waals surface area contributed by atoms with Gasteiger partial charge in [-0.05, 0) is 31.7 Å². The minimum Gasteiger partial charge on any atom is -0.355 e. The van der Waals surface area contributed by atoms with Gasteiger partial charge in [-0.1, -0.05) is 33.1 Å². The molecule has 0 spiro atoms. The Morgan fingerprint density at radius 3 is 2.81 bits per heavy atom. The number of piperidine rings is 1. The van der Waals surface area contributed by atoms with Crippen molar-refractivity contribution < 1.29 is 4.79 Å². The van der Waals surface area contributed by atoms with Crippen LogP contribution in [0.1, 0.15) is 52.4 Å². The molecule has 0 saturated carbocycles. The Hall–Kier alpha value is -0.570. The summed E-state index contributed by atoms with van der Waals surface area (Å²) in [4.78, 5) is 11.7. The van der Waals surface area contributed by atoms with Crippen LogP contribution >= 0.6 is 0 Å². The van der Waals surface area contributed by atoms with Crippen molar-refractivity contribution in [3.8, 4) is 0 Å². The molecule has 3 nitrogen and oxygen atoms in total. The SMILES string of the molecule is CC(C)CCCCNC(=O)[C@H]1CCCCN1. The van der Waals surface area contributed by atoms with E-state index in [1.54, 1.807) is 0 Å². The predicted molar refractivity (Wildman–Crippen MR) is 67.3 cm³/mol. The van der Waals surface area contributed by atoms with Crippen molar-refractivity contribution in [2.75, 3.05) is 13.1 Å². The number of carbonyl (C=O) groups excluding carboxylic acids is 1. The second-order valence-electron chi connectivity index (χ2n) is 5.18. The zero-order valence-electron chi connectivity index (χ0n) is 10.7. The summed E-state index contributed by atoms with van der Waals surface area (Å²) in [5.74, 6) is 0.972. The fraction of sp³-hybridized carbons (Fsp3) is 0.923. The summed E-state index contributed by atoms with van der Waals surface area (Å²) in [6, 6.07) is 0.0684. The molecule has 0 aromatic heterocycles. The quantitative estimate of drug-likeness (QED) is 0.681. The number of rotatable bonds is 6. The fourth-order valence-corrected chi connectivity index (χ4v) is 2.09. The zero-order valence-corrected chi connectivity index (χ0v) is 10.7. The highest BCUT2D eigenvalue weighted by Gasteiger charge is 2.19. The first kappa shape index (κ1) is 13.5. The lowest BCUT2D eigenvalue weighted by atomic mass is 10.0. The molecule has 2 N–H and O–H groups in total. The maximum absolute atomic E-state index is 11.7. The standard InChI is InChI=1S/C13H26N2O/c1-11(2)7-3-5-10-15-13(16)12-8-4-6-9-14-12/h11-12,14H,3-10H2,1-2H3,(H,15,16)/t12-/m1/s1. The minimum absolute atomic E-state index is 0.0684. The molecule has 3 heteroatoms. The molecule has 1 aliphatic rings. The Morgan fingerprint density at radius 2 is 2.19 bits per heavy atom. The van der Waals surface area contributed by atoms with Gasteiger partial charge >= 0.3 is 0 Å². The van der Waals surface area contributed by atoms with Crippen LogP contribution < -0.4 is 10.6 Å². The Bertz CT molecular complexity index is 198. The number of carbonyl (C=O) groups is 1. The van der Waals surface area contributed by atoms with E-state index in [0.717, 1.165) is 31.8 Å². The molecular formula is C13H26N2O. The monoisotopic (exact) mass is 226 g/mol. The molecule has 0 aliphatic carbocycles. The van der Waals surface area contributed by atoms with Crippen molar-refractivity contribution >= 4 is 5.91 Å². The third kappa shape index (κ3) is 5.50. The summed E-state index contributed by atoms with van der Waals surface area (Å²) in [6.07, 6.45) is 6.97. The summed E-state index contributed by atoms with van der Waals surface area (Å²) < 4.78 is 0. The smallest absolute Gasteiger partial charge is 0.237 e. The number of unbranched alkanes of at least 4 members (excludes halogenated alkanes) is 1. The van der Waals surface area contributed by atoms with Crippen molar-refractivity contribution in [1.29, 1.82) is 0 Å². The summed E-state index contributed by atoms with van der Waals surface area (Å²) in [5, 5.41) is 6.29. The van der Waals surface area contributed by atoms with E-state index in [0.29, 0.717) is 0 Å². The fourth-order valence-electron chi connectivity index (χ4n) is 2.09. The van der Waals surface area contributed by atoms with Crippen LogP contribution in [0.15, 0.2) is 0 Å². The highest BCUT2D eigenvalue weighted by molar-refractivity contribution is 5.81. The molecule has 1 aliphatic heterocycles. The summed E-state index contributed by atoms with van der Waals surface area (Å²) >= 11 is 0. The van der Waals surface area contributed by atoms with E-state index in [9.17, 15) is 4.79 Å². The largest absolute Gasteiger partial charge is 0.355 e. The molecule has 1 heterocycles. The van der Waals surface area contributed by atoms with Crippen LogP contribution in [0.25, 0.3) is 0 Å². The van der Waals surface area contributed by atoms with Crippen molar-refractivity contribution in [3.63, 3.8) is 0 Å². The summed E-state index contributed by atoms with van der Waals surface area (Å²) in [7, 11) is 0. The Balaban J connectivity index is 2.01. The van der Waals surface area contributed by atoms with Crippen LogP contribution in [0, 0.1) is 5.92 Å². The maximum Gasteiger partial charge on any atom is 0.237 e. The Labute approximate surface area is 99.4 Å². The van der Waals surface area contributed by atoms with E-state index in [-0.39, 0.29) is 11.9 Å². The van der Waals surface area contributed by atoms with Crippen molar-refractivity contribution in [1.82, 2.24) is 10.6 Å². The lowest BCUT2D eigenvalue weighted by Gasteiger charge is -2.22. The highest BCUT2D eigenvalue weighted by Crippen LogP contribution is 2.07. The van der Waals surface area contributed by atoms with Gasteiger partial charge in [0.05, 0.1) is 6.04 Å². The molecule has 16 heavy (non-hydrogen) atoms. The lowest BCUT2D eigenvalue weighted by Crippen LogP contribution is -2.46. The number of hydrogen-bond donors (Lipinski definition) is 2. The number of nitrogens with one attached hydrogen (secondary N) is 2. The molecule has 1 atom stereocenters. The lowest BCUT2D eigenvalue weighted by molar-refractivity contribution is -0.123. The van der Waals surface area contributed by atoms with Crippen LogP contribution in [-0.2, 0) is 4.79 Å². The van der Waals surface area contributed by atoms with Crippen molar-refractivity contribution in [2.24, 2.45) is 5.92 Å². The molecule has 94 valence electrons. The van der Waals surface area contributed by atoms with Gasteiger partial charge in [-0.3, -0.25) is 4.79 Å². The van der Waals surface area contributed by atoms with E-state index < -0.39 is 0 Å². The van der Waals surface area contributed by atoms with Crippen LogP contribution in [0.2, 0.25) is 0 Å². The number of hydrogen-bond acceptors (Lipinski definition) is 2. The van der Waals surface area contributed by atoms with Gasteiger partial charge in [0.2, 0.25) is 5.91 Å². The van der Waals surface area contributed by atoms with Gasteiger partial charge in [-0.15, -0.1) is 0 Å². The molecule has 0 unspecified atom stereocenters. The molecular weight excluding hydrogens is 200 g/mol. The average Bonchev–Trinajstić information content (AvgIpc) is 2.29. The molecule has 1 amide bonds. The van der Waals surface area contributed by atoms with Crippen molar-refractivity contribution in [3.05, 3.63) is 0 Å². The van der Waals surface area contributed by atoms with Crippen LogP contribution in [-0.4, -0.2) is 25.0 Å². The van der Waals surface area contributed by atoms with E-state index >= 15 is 0 Å². The summed E-state index contributed by atoms with van der Waals surface area (Å²) in [6.45, 7) is 6.31. The zero-order chi connectivity index (χ0) is 11.8. The maximum atomic E-state index is 11.7. The third-order valence-electron chi connectivity index (χ3n) is 3.13. The molecule has 0 aromatic carbocycles. The minimum atomic E-state index is 0.0684.